The fraction of sp³-hybridized carbons (Fsp3) is 0.240. The summed E-state index contributed by atoms with van der Waals surface area (Å²) in [5.41, 5.74) is 9.22. The fourth-order valence-corrected chi connectivity index (χ4v) is 4.97. The minimum Gasteiger partial charge on any atom is -0.508 e. The summed E-state index contributed by atoms with van der Waals surface area (Å²) in [6, 6.07) is 23.6. The van der Waals surface area contributed by atoms with Crippen molar-refractivity contribution in [1.29, 1.82) is 0 Å². The second-order valence-corrected chi connectivity index (χ2v) is 8.19. The number of hydrazine groups is 1. The van der Waals surface area contributed by atoms with Gasteiger partial charge in [0.15, 0.2) is 0 Å². The molecule has 0 aromatic heterocycles. The summed E-state index contributed by atoms with van der Waals surface area (Å²) in [7, 11) is 0. The average molecular weight is 415 g/mol. The van der Waals surface area contributed by atoms with Crippen molar-refractivity contribution in [2.45, 2.75) is 24.5 Å². The van der Waals surface area contributed by atoms with Crippen LogP contribution in [0.2, 0.25) is 0 Å². The molecule has 0 saturated carbocycles. The van der Waals surface area contributed by atoms with Gasteiger partial charge in [-0.15, -0.1) is 0 Å². The summed E-state index contributed by atoms with van der Waals surface area (Å²) in [4.78, 5) is 15.4. The van der Waals surface area contributed by atoms with Crippen LogP contribution in [0.25, 0.3) is 0 Å². The number of aromatic hydroxyl groups is 2. The Kier molecular flexibility index (Phi) is 5.10. The first-order valence-electron chi connectivity index (χ1n) is 10.6. The number of benzene rings is 3. The molecule has 0 spiro atoms. The molecule has 1 amide bonds. The van der Waals surface area contributed by atoms with E-state index in [2.05, 4.69) is 23.0 Å². The number of hydrogen-bond donors (Lipinski definition) is 4. The molecular weight excluding hydrogens is 390 g/mol. The Morgan fingerprint density at radius 3 is 2.35 bits per heavy atom. The SMILES string of the molecule is O=C1C2NNC(c3ccccc3O)C2C(c2cccc(O)c2)N1CCc1ccccc1. The monoisotopic (exact) mass is 415 g/mol. The lowest BCUT2D eigenvalue weighted by Gasteiger charge is -2.31. The molecule has 2 heterocycles. The lowest BCUT2D eigenvalue weighted by Crippen LogP contribution is -2.42. The molecule has 4 N–H and O–H groups in total. The lowest BCUT2D eigenvalue weighted by molar-refractivity contribution is -0.130. The normalized spacial score (nSPS) is 25.0. The van der Waals surface area contributed by atoms with Gasteiger partial charge in [-0.25, -0.2) is 10.9 Å². The number of likely N-dealkylation sites (tertiary alicyclic amines) is 1. The summed E-state index contributed by atoms with van der Waals surface area (Å²) >= 11 is 0. The first-order chi connectivity index (χ1) is 15.1. The smallest absolute Gasteiger partial charge is 0.242 e. The number of carbonyl (C=O) groups excluding carboxylic acids is 1. The third kappa shape index (κ3) is 3.54. The van der Waals surface area contributed by atoms with Crippen LogP contribution in [0, 0.1) is 5.92 Å². The minimum atomic E-state index is -0.410. The standard InChI is InChI=1S/C25H25N3O3/c29-18-10-6-9-17(15-18)24-21-22(19-11-4-5-12-20(19)30)26-27-23(21)25(31)28(24)14-13-16-7-2-1-3-8-16/h1-12,15,21-24,26-27,29-30H,13-14H2. The zero-order valence-corrected chi connectivity index (χ0v) is 17.0. The molecule has 3 aromatic carbocycles. The van der Waals surface area contributed by atoms with Gasteiger partial charge in [0.25, 0.3) is 0 Å². The van der Waals surface area contributed by atoms with E-state index in [9.17, 15) is 15.0 Å². The van der Waals surface area contributed by atoms with Crippen LogP contribution in [0.15, 0.2) is 78.9 Å². The zero-order valence-electron chi connectivity index (χ0n) is 17.0. The summed E-state index contributed by atoms with van der Waals surface area (Å²) < 4.78 is 0. The highest BCUT2D eigenvalue weighted by atomic mass is 16.3. The fourth-order valence-electron chi connectivity index (χ4n) is 4.97. The van der Waals surface area contributed by atoms with Crippen molar-refractivity contribution in [3.05, 3.63) is 95.6 Å². The zero-order chi connectivity index (χ0) is 21.4. The molecule has 4 atom stereocenters. The number of rotatable bonds is 5. The Morgan fingerprint density at radius 1 is 0.839 bits per heavy atom. The molecule has 3 aromatic rings. The number of fused-ring (bicyclic) bond motifs is 1. The van der Waals surface area contributed by atoms with Crippen molar-refractivity contribution < 1.29 is 15.0 Å². The molecule has 158 valence electrons. The molecule has 2 fully saturated rings. The van der Waals surface area contributed by atoms with Crippen LogP contribution in [0.4, 0.5) is 0 Å². The van der Waals surface area contributed by atoms with Crippen molar-refractivity contribution in [2.75, 3.05) is 6.54 Å². The highest BCUT2D eigenvalue weighted by Crippen LogP contribution is 2.48. The van der Waals surface area contributed by atoms with Crippen LogP contribution in [0.3, 0.4) is 0 Å². The average Bonchev–Trinajstić information content (AvgIpc) is 3.32. The van der Waals surface area contributed by atoms with E-state index in [0.717, 1.165) is 17.5 Å². The van der Waals surface area contributed by atoms with Crippen LogP contribution >= 0.6 is 0 Å². The van der Waals surface area contributed by atoms with E-state index in [-0.39, 0.29) is 35.4 Å². The van der Waals surface area contributed by atoms with Crippen LogP contribution in [-0.2, 0) is 11.2 Å². The Hall–Kier alpha value is -3.35. The maximum Gasteiger partial charge on any atom is 0.242 e. The van der Waals surface area contributed by atoms with Gasteiger partial charge in [-0.3, -0.25) is 4.79 Å². The predicted octanol–water partition coefficient (Wildman–Crippen LogP) is 3.06. The van der Waals surface area contributed by atoms with Crippen LogP contribution < -0.4 is 10.9 Å². The van der Waals surface area contributed by atoms with E-state index in [0.29, 0.717) is 6.54 Å². The summed E-state index contributed by atoms with van der Waals surface area (Å²) in [5.74, 6) is 0.264. The highest BCUT2D eigenvalue weighted by molar-refractivity contribution is 5.86. The van der Waals surface area contributed by atoms with Gasteiger partial charge in [0.05, 0.1) is 12.1 Å². The molecule has 4 unspecified atom stereocenters. The van der Waals surface area contributed by atoms with Gasteiger partial charge in [0.1, 0.15) is 17.5 Å². The maximum atomic E-state index is 13.4. The number of nitrogens with zero attached hydrogens (tertiary/aromatic N) is 1. The van der Waals surface area contributed by atoms with Gasteiger partial charge in [-0.1, -0.05) is 60.7 Å². The van der Waals surface area contributed by atoms with E-state index in [1.54, 1.807) is 24.3 Å². The number of carbonyl (C=O) groups is 1. The summed E-state index contributed by atoms with van der Waals surface area (Å²) in [5, 5.41) is 20.6. The number of phenols is 2. The first-order valence-corrected chi connectivity index (χ1v) is 10.6. The van der Waals surface area contributed by atoms with Crippen molar-refractivity contribution >= 4 is 5.91 Å². The molecule has 6 nitrogen and oxygen atoms in total. The van der Waals surface area contributed by atoms with Crippen molar-refractivity contribution in [3.63, 3.8) is 0 Å². The number of hydrogen-bond acceptors (Lipinski definition) is 5. The number of nitrogens with one attached hydrogen (secondary N) is 2. The molecule has 2 aliphatic heterocycles. The Morgan fingerprint density at radius 2 is 1.58 bits per heavy atom. The maximum absolute atomic E-state index is 13.4. The van der Waals surface area contributed by atoms with Crippen LogP contribution in [0.5, 0.6) is 11.5 Å². The van der Waals surface area contributed by atoms with Gasteiger partial charge in [-0.2, -0.15) is 0 Å². The molecule has 2 aliphatic rings. The summed E-state index contributed by atoms with van der Waals surface area (Å²) in [6.07, 6.45) is 0.746. The van der Waals surface area contributed by atoms with E-state index < -0.39 is 6.04 Å². The van der Waals surface area contributed by atoms with E-state index >= 15 is 0 Å². The molecule has 0 aliphatic carbocycles. The quantitative estimate of drug-likeness (QED) is 0.515. The third-order valence-corrected chi connectivity index (χ3v) is 6.38. The Labute approximate surface area is 181 Å². The van der Waals surface area contributed by atoms with Gasteiger partial charge in [0, 0.05) is 18.0 Å². The van der Waals surface area contributed by atoms with Crippen molar-refractivity contribution in [2.24, 2.45) is 5.92 Å². The Balaban J connectivity index is 1.52. The largest absolute Gasteiger partial charge is 0.508 e. The second kappa shape index (κ2) is 8.06. The molecule has 31 heavy (non-hydrogen) atoms. The van der Waals surface area contributed by atoms with Crippen molar-refractivity contribution in [1.82, 2.24) is 15.8 Å². The van der Waals surface area contributed by atoms with Crippen molar-refractivity contribution in [3.8, 4) is 11.5 Å². The van der Waals surface area contributed by atoms with E-state index in [4.69, 9.17) is 0 Å². The number of para-hydroxylation sites is 1. The Bertz CT molecular complexity index is 1090. The van der Waals surface area contributed by atoms with Gasteiger partial charge < -0.3 is 15.1 Å². The van der Waals surface area contributed by atoms with Crippen LogP contribution in [-0.4, -0.2) is 33.6 Å². The van der Waals surface area contributed by atoms with Crippen LogP contribution in [0.1, 0.15) is 28.8 Å². The van der Waals surface area contributed by atoms with E-state index in [1.165, 1.54) is 5.56 Å². The predicted molar refractivity (Wildman–Crippen MR) is 117 cm³/mol. The molecule has 5 rings (SSSR count). The topological polar surface area (TPSA) is 84.8 Å². The highest BCUT2D eigenvalue weighted by Gasteiger charge is 2.55. The van der Waals surface area contributed by atoms with E-state index in [1.807, 2.05) is 47.4 Å². The van der Waals surface area contributed by atoms with Gasteiger partial charge >= 0.3 is 0 Å². The second-order valence-electron chi connectivity index (χ2n) is 8.19. The molecule has 0 radical (unpaired) electrons. The minimum absolute atomic E-state index is 0.0275. The van der Waals surface area contributed by atoms with Gasteiger partial charge in [-0.05, 0) is 35.7 Å². The number of amides is 1. The lowest BCUT2D eigenvalue weighted by atomic mass is 9.83. The summed E-state index contributed by atoms with van der Waals surface area (Å²) in [6.45, 7) is 0.575. The van der Waals surface area contributed by atoms with Gasteiger partial charge in [0.2, 0.25) is 5.91 Å². The number of phenolic OH excluding ortho intramolecular Hbond substituents is 2. The first kappa shape index (κ1) is 19.6. The molecule has 0 bridgehead atoms. The molecule has 6 heteroatoms. The molecule has 2 saturated heterocycles. The molecular formula is C25H25N3O3. The third-order valence-electron chi connectivity index (χ3n) is 6.38.